The second kappa shape index (κ2) is 11.5. The van der Waals surface area contributed by atoms with E-state index in [1.54, 1.807) is 0 Å². The second-order valence-electron chi connectivity index (χ2n) is 8.48. The molecule has 0 bridgehead atoms. The molecule has 4 rings (SSSR count). The van der Waals surface area contributed by atoms with Crippen LogP contribution in [0.25, 0.3) is 0 Å². The molecule has 1 aliphatic rings. The Bertz CT molecular complexity index is 880. The molecular weight excluding hydrogens is 398 g/mol. The van der Waals surface area contributed by atoms with Gasteiger partial charge in [-0.2, -0.15) is 0 Å². The highest BCUT2D eigenvalue weighted by Gasteiger charge is 2.22. The van der Waals surface area contributed by atoms with Gasteiger partial charge in [0.15, 0.2) is 0 Å². The maximum absolute atomic E-state index is 4.70. The minimum absolute atomic E-state index is 0.439. The number of benzene rings is 2. The van der Waals surface area contributed by atoms with Crippen LogP contribution in [0.4, 0.5) is 0 Å². The molecule has 0 aliphatic carbocycles. The quantitative estimate of drug-likeness (QED) is 0.383. The number of likely N-dealkylation sites (tertiary alicyclic amines) is 1. The summed E-state index contributed by atoms with van der Waals surface area (Å²) in [7, 11) is 2.19. The molecule has 1 atom stereocenters. The maximum atomic E-state index is 4.70. The molecule has 1 fully saturated rings. The van der Waals surface area contributed by atoms with Gasteiger partial charge in [-0.25, -0.2) is 4.31 Å². The first-order chi connectivity index (χ1) is 15.3. The number of likely N-dealkylation sites (N-methyl/N-ethyl adjacent to an activating group) is 1. The third kappa shape index (κ3) is 6.67. The molecule has 0 radical (unpaired) electrons. The molecule has 0 saturated carbocycles. The fourth-order valence-electron chi connectivity index (χ4n) is 4.51. The summed E-state index contributed by atoms with van der Waals surface area (Å²) >= 11 is 1.82. The lowest BCUT2D eigenvalue weighted by atomic mass is 9.89. The van der Waals surface area contributed by atoms with Crippen molar-refractivity contribution in [2.45, 2.75) is 36.0 Å². The Kier molecular flexibility index (Phi) is 8.17. The van der Waals surface area contributed by atoms with Crippen LogP contribution < -0.4 is 0 Å². The average molecular weight is 432 g/mol. The highest BCUT2D eigenvalue weighted by molar-refractivity contribution is 7.97. The lowest BCUT2D eigenvalue weighted by Gasteiger charge is -2.33. The fraction of sp³-hybridized carbons (Fsp3) is 0.370. The van der Waals surface area contributed by atoms with Gasteiger partial charge in [-0.15, -0.1) is 0 Å². The first kappa shape index (κ1) is 22.1. The number of aromatic nitrogens is 1. The third-order valence-corrected chi connectivity index (χ3v) is 7.18. The van der Waals surface area contributed by atoms with E-state index in [0.29, 0.717) is 5.92 Å². The van der Waals surface area contributed by atoms with Crippen LogP contribution in [0.1, 0.15) is 42.4 Å². The van der Waals surface area contributed by atoms with Gasteiger partial charge in [0.1, 0.15) is 0 Å². The average Bonchev–Trinajstić information content (AvgIpc) is 2.84. The van der Waals surface area contributed by atoms with Crippen molar-refractivity contribution < 1.29 is 0 Å². The van der Waals surface area contributed by atoms with Gasteiger partial charge in [0.05, 0.1) is 0 Å². The van der Waals surface area contributed by atoms with Crippen LogP contribution in [0.3, 0.4) is 0 Å². The minimum atomic E-state index is 0.439. The molecule has 3 aromatic rings. The first-order valence-electron chi connectivity index (χ1n) is 11.4. The van der Waals surface area contributed by atoms with Crippen LogP contribution in [0.15, 0.2) is 90.0 Å². The predicted octanol–water partition coefficient (Wildman–Crippen LogP) is 6.07. The summed E-state index contributed by atoms with van der Waals surface area (Å²) in [5, 5.41) is 0. The lowest BCUT2D eigenvalue weighted by Crippen LogP contribution is -2.35. The number of piperidine rings is 1. The van der Waals surface area contributed by atoms with Crippen LogP contribution in [-0.4, -0.2) is 47.4 Å². The van der Waals surface area contributed by atoms with Gasteiger partial charge in [-0.3, -0.25) is 4.98 Å². The lowest BCUT2D eigenvalue weighted by molar-refractivity contribution is 0.203. The number of hydrogen-bond acceptors (Lipinski definition) is 4. The van der Waals surface area contributed by atoms with E-state index in [9.17, 15) is 0 Å². The summed E-state index contributed by atoms with van der Waals surface area (Å²) in [4.78, 5) is 8.64. The van der Waals surface area contributed by atoms with E-state index in [2.05, 4.69) is 89.0 Å². The third-order valence-electron chi connectivity index (χ3n) is 6.24. The standard InChI is InChI=1S/C27H33N3S/c1-29(31-26-12-6-3-7-13-26)22-25(27-14-8-9-18-28-27)17-21-30-19-15-24(16-20-30)23-10-4-2-5-11-23/h2-14,18,24-25H,15-17,19-22H2,1H3. The molecule has 1 aliphatic heterocycles. The highest BCUT2D eigenvalue weighted by atomic mass is 32.2. The summed E-state index contributed by atoms with van der Waals surface area (Å²) in [5.74, 6) is 1.16. The van der Waals surface area contributed by atoms with Gasteiger partial charge >= 0.3 is 0 Å². The van der Waals surface area contributed by atoms with E-state index in [1.807, 2.05) is 24.2 Å². The minimum Gasteiger partial charge on any atom is -0.303 e. The zero-order valence-corrected chi connectivity index (χ0v) is 19.3. The van der Waals surface area contributed by atoms with Gasteiger partial charge in [0.2, 0.25) is 0 Å². The monoisotopic (exact) mass is 431 g/mol. The molecule has 2 aromatic carbocycles. The second-order valence-corrected chi connectivity index (χ2v) is 9.76. The van der Waals surface area contributed by atoms with Crippen LogP contribution >= 0.6 is 11.9 Å². The molecule has 1 unspecified atom stereocenters. The van der Waals surface area contributed by atoms with Gasteiger partial charge in [0, 0.05) is 29.2 Å². The van der Waals surface area contributed by atoms with Gasteiger partial charge < -0.3 is 4.90 Å². The molecule has 1 aromatic heterocycles. The topological polar surface area (TPSA) is 19.4 Å². The van der Waals surface area contributed by atoms with Crippen molar-refractivity contribution in [3.8, 4) is 0 Å². The van der Waals surface area contributed by atoms with E-state index in [1.165, 1.54) is 42.1 Å². The van der Waals surface area contributed by atoms with E-state index in [0.717, 1.165) is 25.4 Å². The number of hydrogen-bond donors (Lipinski definition) is 0. The van der Waals surface area contributed by atoms with Crippen molar-refractivity contribution >= 4 is 11.9 Å². The summed E-state index contributed by atoms with van der Waals surface area (Å²) in [5.41, 5.74) is 2.72. The molecule has 3 nitrogen and oxygen atoms in total. The summed E-state index contributed by atoms with van der Waals surface area (Å²) in [6.07, 6.45) is 5.61. The molecule has 0 amide bonds. The Morgan fingerprint density at radius 2 is 1.61 bits per heavy atom. The molecule has 4 heteroatoms. The van der Waals surface area contributed by atoms with Gasteiger partial charge in [0.25, 0.3) is 0 Å². The summed E-state index contributed by atoms with van der Waals surface area (Å²) in [6.45, 7) is 4.54. The Labute approximate surface area is 191 Å². The van der Waals surface area contributed by atoms with Crippen molar-refractivity contribution in [3.05, 3.63) is 96.3 Å². The zero-order valence-electron chi connectivity index (χ0n) is 18.4. The number of rotatable bonds is 9. The van der Waals surface area contributed by atoms with Crippen molar-refractivity contribution in [3.63, 3.8) is 0 Å². The largest absolute Gasteiger partial charge is 0.303 e. The maximum Gasteiger partial charge on any atom is 0.0448 e. The zero-order chi connectivity index (χ0) is 21.3. The summed E-state index contributed by atoms with van der Waals surface area (Å²) < 4.78 is 2.36. The van der Waals surface area contributed by atoms with Crippen LogP contribution in [-0.2, 0) is 0 Å². The highest BCUT2D eigenvalue weighted by Crippen LogP contribution is 2.30. The van der Waals surface area contributed by atoms with Crippen molar-refractivity contribution in [2.24, 2.45) is 0 Å². The van der Waals surface area contributed by atoms with Gasteiger partial charge in [-0.1, -0.05) is 54.6 Å². The molecule has 1 saturated heterocycles. The van der Waals surface area contributed by atoms with E-state index < -0.39 is 0 Å². The number of pyridine rings is 1. The Hall–Kier alpha value is -2.14. The predicted molar refractivity (Wildman–Crippen MR) is 131 cm³/mol. The SMILES string of the molecule is CN(CC(CCN1CCC(c2ccccc2)CC1)c1ccccn1)Sc1ccccc1. The smallest absolute Gasteiger partial charge is 0.0448 e. The first-order valence-corrected chi connectivity index (χ1v) is 12.2. The van der Waals surface area contributed by atoms with Crippen LogP contribution in [0.5, 0.6) is 0 Å². The molecule has 0 N–H and O–H groups in total. The summed E-state index contributed by atoms with van der Waals surface area (Å²) in [6, 6.07) is 28.0. The van der Waals surface area contributed by atoms with E-state index >= 15 is 0 Å². The number of nitrogens with zero attached hydrogens (tertiary/aromatic N) is 3. The Morgan fingerprint density at radius 1 is 0.935 bits per heavy atom. The van der Waals surface area contributed by atoms with E-state index in [4.69, 9.17) is 4.98 Å². The Balaban J connectivity index is 1.31. The molecule has 162 valence electrons. The van der Waals surface area contributed by atoms with Crippen molar-refractivity contribution in [1.82, 2.24) is 14.2 Å². The molecular formula is C27H33N3S. The molecule has 2 heterocycles. The van der Waals surface area contributed by atoms with Crippen LogP contribution in [0.2, 0.25) is 0 Å². The molecule has 0 spiro atoms. The normalized spacial score (nSPS) is 16.5. The van der Waals surface area contributed by atoms with Crippen molar-refractivity contribution in [2.75, 3.05) is 33.2 Å². The molecule has 31 heavy (non-hydrogen) atoms. The van der Waals surface area contributed by atoms with Crippen molar-refractivity contribution in [1.29, 1.82) is 0 Å². The van der Waals surface area contributed by atoms with Gasteiger partial charge in [-0.05, 0) is 93.6 Å². The Morgan fingerprint density at radius 3 is 2.29 bits per heavy atom. The van der Waals surface area contributed by atoms with E-state index in [-0.39, 0.29) is 0 Å². The van der Waals surface area contributed by atoms with Crippen LogP contribution in [0, 0.1) is 0 Å². The fourth-order valence-corrected chi connectivity index (χ4v) is 5.41.